The lowest BCUT2D eigenvalue weighted by Gasteiger charge is -2.18. The number of nitrogens with two attached hydrogens (primary N) is 1. The van der Waals surface area contributed by atoms with Crippen LogP contribution in [0.2, 0.25) is 0 Å². The van der Waals surface area contributed by atoms with Crippen LogP contribution >= 0.6 is 12.4 Å². The summed E-state index contributed by atoms with van der Waals surface area (Å²) in [5.74, 6) is 0.606. The second-order valence-corrected chi connectivity index (χ2v) is 3.51. The van der Waals surface area contributed by atoms with Gasteiger partial charge in [-0.1, -0.05) is 12.1 Å². The number of methoxy groups -OCH3 is 2. The minimum Gasteiger partial charge on any atom is -0.493 e. The van der Waals surface area contributed by atoms with Crippen LogP contribution in [0.15, 0.2) is 18.2 Å². The average molecular weight is 286 g/mol. The fourth-order valence-corrected chi connectivity index (χ4v) is 1.56. The van der Waals surface area contributed by atoms with Crippen LogP contribution in [-0.2, 0) is 0 Å². The first-order chi connectivity index (χ1) is 7.89. The number of halogens is 4. The van der Waals surface area contributed by atoms with Crippen molar-refractivity contribution in [1.29, 1.82) is 0 Å². The highest BCUT2D eigenvalue weighted by molar-refractivity contribution is 5.85. The van der Waals surface area contributed by atoms with Gasteiger partial charge < -0.3 is 15.2 Å². The Labute approximate surface area is 109 Å². The summed E-state index contributed by atoms with van der Waals surface area (Å²) in [7, 11) is 2.78. The number of alkyl halides is 3. The minimum absolute atomic E-state index is 0. The number of para-hydroxylation sites is 1. The largest absolute Gasteiger partial charge is 0.493 e. The van der Waals surface area contributed by atoms with Gasteiger partial charge in [0.25, 0.3) is 0 Å². The van der Waals surface area contributed by atoms with Crippen molar-refractivity contribution in [3.63, 3.8) is 0 Å². The molecule has 1 aromatic rings. The van der Waals surface area contributed by atoms with Crippen molar-refractivity contribution in [3.8, 4) is 11.5 Å². The molecule has 0 bridgehead atoms. The van der Waals surface area contributed by atoms with Crippen LogP contribution < -0.4 is 15.2 Å². The van der Waals surface area contributed by atoms with E-state index in [0.717, 1.165) is 0 Å². The highest BCUT2D eigenvalue weighted by Gasteiger charge is 2.32. The topological polar surface area (TPSA) is 44.5 Å². The predicted molar refractivity (Wildman–Crippen MR) is 64.4 cm³/mol. The van der Waals surface area contributed by atoms with Crippen molar-refractivity contribution in [2.45, 2.75) is 18.6 Å². The summed E-state index contributed by atoms with van der Waals surface area (Å²) in [6, 6.07) is 3.51. The van der Waals surface area contributed by atoms with E-state index < -0.39 is 18.6 Å². The monoisotopic (exact) mass is 285 g/mol. The first-order valence-electron chi connectivity index (χ1n) is 4.92. The molecule has 1 aromatic carbocycles. The third-order valence-corrected chi connectivity index (χ3v) is 2.28. The summed E-state index contributed by atoms with van der Waals surface area (Å²) in [6.07, 6.45) is -5.41. The molecule has 3 nitrogen and oxygen atoms in total. The van der Waals surface area contributed by atoms with Crippen LogP contribution in [-0.4, -0.2) is 20.4 Å². The molecule has 1 atom stereocenters. The van der Waals surface area contributed by atoms with Crippen LogP contribution in [0, 0.1) is 0 Å². The molecule has 18 heavy (non-hydrogen) atoms. The molecule has 0 aliphatic heterocycles. The van der Waals surface area contributed by atoms with Crippen molar-refractivity contribution in [2.75, 3.05) is 14.2 Å². The fourth-order valence-electron chi connectivity index (χ4n) is 1.56. The maximum Gasteiger partial charge on any atom is 0.390 e. The van der Waals surface area contributed by atoms with E-state index in [-0.39, 0.29) is 23.7 Å². The van der Waals surface area contributed by atoms with Crippen molar-refractivity contribution in [1.82, 2.24) is 0 Å². The highest BCUT2D eigenvalue weighted by atomic mass is 35.5. The van der Waals surface area contributed by atoms with E-state index in [1.54, 1.807) is 12.1 Å². The molecule has 0 saturated heterocycles. The quantitative estimate of drug-likeness (QED) is 0.924. The molecule has 7 heteroatoms. The zero-order valence-electron chi connectivity index (χ0n) is 9.95. The van der Waals surface area contributed by atoms with E-state index >= 15 is 0 Å². The lowest BCUT2D eigenvalue weighted by molar-refractivity contribution is -0.138. The number of rotatable bonds is 4. The van der Waals surface area contributed by atoms with Gasteiger partial charge in [0.2, 0.25) is 0 Å². The normalized spacial score (nSPS) is 12.6. The molecule has 0 spiro atoms. The summed E-state index contributed by atoms with van der Waals surface area (Å²) in [6.45, 7) is 0. The zero-order chi connectivity index (χ0) is 13.1. The molecule has 0 aliphatic carbocycles. The van der Waals surface area contributed by atoms with E-state index in [4.69, 9.17) is 15.2 Å². The second kappa shape index (κ2) is 6.70. The van der Waals surface area contributed by atoms with Gasteiger partial charge in [-0.15, -0.1) is 12.4 Å². The minimum atomic E-state index is -4.31. The number of hydrogen-bond acceptors (Lipinski definition) is 3. The van der Waals surface area contributed by atoms with Gasteiger partial charge in [0.05, 0.1) is 20.6 Å². The van der Waals surface area contributed by atoms with E-state index in [0.29, 0.717) is 5.75 Å². The van der Waals surface area contributed by atoms with Crippen LogP contribution in [0.1, 0.15) is 18.0 Å². The molecule has 0 aromatic heterocycles. The molecule has 0 unspecified atom stereocenters. The number of ether oxygens (including phenoxy) is 2. The molecule has 0 amide bonds. The van der Waals surface area contributed by atoms with Crippen LogP contribution in [0.5, 0.6) is 11.5 Å². The van der Waals surface area contributed by atoms with Crippen LogP contribution in [0.25, 0.3) is 0 Å². The lowest BCUT2D eigenvalue weighted by Crippen LogP contribution is -2.20. The highest BCUT2D eigenvalue weighted by Crippen LogP contribution is 2.37. The molecule has 1 rings (SSSR count). The summed E-state index contributed by atoms with van der Waals surface area (Å²) < 4.78 is 46.8. The van der Waals surface area contributed by atoms with E-state index in [1.807, 2.05) is 0 Å². The summed E-state index contributed by atoms with van der Waals surface area (Å²) in [5.41, 5.74) is 5.81. The number of benzene rings is 1. The molecule has 0 aliphatic rings. The molecule has 2 N–H and O–H groups in total. The Bertz CT molecular complexity index is 385. The molecular formula is C11H15ClF3NO2. The zero-order valence-corrected chi connectivity index (χ0v) is 10.8. The van der Waals surface area contributed by atoms with Gasteiger partial charge in [0.15, 0.2) is 11.5 Å². The SMILES string of the molecule is COc1cccc([C@H](N)CC(F)(F)F)c1OC.Cl. The fraction of sp³-hybridized carbons (Fsp3) is 0.455. The summed E-state index contributed by atoms with van der Waals surface area (Å²) >= 11 is 0. The summed E-state index contributed by atoms with van der Waals surface area (Å²) in [4.78, 5) is 0. The van der Waals surface area contributed by atoms with Crippen molar-refractivity contribution < 1.29 is 22.6 Å². The van der Waals surface area contributed by atoms with Gasteiger partial charge in [0, 0.05) is 11.6 Å². The maximum absolute atomic E-state index is 12.3. The first-order valence-corrected chi connectivity index (χ1v) is 4.92. The second-order valence-electron chi connectivity index (χ2n) is 3.51. The average Bonchev–Trinajstić information content (AvgIpc) is 2.25. The van der Waals surface area contributed by atoms with E-state index in [9.17, 15) is 13.2 Å². The van der Waals surface area contributed by atoms with Gasteiger partial charge in [-0.25, -0.2) is 0 Å². The Kier molecular flexibility index (Phi) is 6.28. The van der Waals surface area contributed by atoms with Crippen molar-refractivity contribution in [2.24, 2.45) is 5.73 Å². The molecule has 104 valence electrons. The standard InChI is InChI=1S/C11H14F3NO2.ClH/c1-16-9-5-3-4-7(10(9)17-2)8(15)6-11(12,13)14;/h3-5,8H,6,15H2,1-2H3;1H/t8-;/m1./s1. The Morgan fingerprint density at radius 1 is 1.22 bits per heavy atom. The van der Waals surface area contributed by atoms with Crippen LogP contribution in [0.4, 0.5) is 13.2 Å². The maximum atomic E-state index is 12.3. The third kappa shape index (κ3) is 4.27. The van der Waals surface area contributed by atoms with Crippen LogP contribution in [0.3, 0.4) is 0 Å². The van der Waals surface area contributed by atoms with E-state index in [1.165, 1.54) is 20.3 Å². The third-order valence-electron chi connectivity index (χ3n) is 2.28. The van der Waals surface area contributed by atoms with E-state index in [2.05, 4.69) is 0 Å². The smallest absolute Gasteiger partial charge is 0.390 e. The Hall–Kier alpha value is -1.14. The molecule has 0 radical (unpaired) electrons. The first kappa shape index (κ1) is 16.9. The van der Waals surface area contributed by atoms with Gasteiger partial charge in [-0.05, 0) is 6.07 Å². The van der Waals surface area contributed by atoms with Crippen molar-refractivity contribution >= 4 is 12.4 Å². The Balaban J connectivity index is 0.00000289. The Morgan fingerprint density at radius 2 is 1.83 bits per heavy atom. The van der Waals surface area contributed by atoms with Gasteiger partial charge in [-0.3, -0.25) is 0 Å². The lowest BCUT2D eigenvalue weighted by atomic mass is 10.0. The molecular weight excluding hydrogens is 271 g/mol. The summed E-state index contributed by atoms with van der Waals surface area (Å²) in [5, 5.41) is 0. The Morgan fingerprint density at radius 3 is 2.28 bits per heavy atom. The van der Waals surface area contributed by atoms with Gasteiger partial charge in [0.1, 0.15) is 0 Å². The van der Waals surface area contributed by atoms with Gasteiger partial charge in [-0.2, -0.15) is 13.2 Å². The molecule has 0 heterocycles. The molecule has 0 saturated carbocycles. The predicted octanol–water partition coefficient (Wildman–Crippen LogP) is 3.08. The van der Waals surface area contributed by atoms with Crippen molar-refractivity contribution in [3.05, 3.63) is 23.8 Å². The number of hydrogen-bond donors (Lipinski definition) is 1. The van der Waals surface area contributed by atoms with Gasteiger partial charge >= 0.3 is 6.18 Å². The molecule has 0 fully saturated rings.